The number of phenols is 1. The zero-order chi connectivity index (χ0) is 12.3. The number of nitrogens with one attached hydrogen (secondary N) is 1. The van der Waals surface area contributed by atoms with Crippen LogP contribution in [0.4, 0.5) is 0 Å². The van der Waals surface area contributed by atoms with Crippen molar-refractivity contribution in [1.29, 1.82) is 0 Å². The molecule has 0 radical (unpaired) electrons. The Balaban J connectivity index is 1.92. The third-order valence-electron chi connectivity index (χ3n) is 2.97. The summed E-state index contributed by atoms with van der Waals surface area (Å²) in [5.41, 5.74) is 1.34. The molecule has 3 nitrogen and oxygen atoms in total. The largest absolute Gasteiger partial charge is 0.508 e. The second-order valence-electron chi connectivity index (χ2n) is 4.35. The maximum absolute atomic E-state index is 11.9. The van der Waals surface area contributed by atoms with Crippen molar-refractivity contribution in [3.63, 3.8) is 0 Å². The SMILES string of the molecule is Cc1cc(C(=O)NCC2CCCS2)ccc1O. The van der Waals surface area contributed by atoms with Gasteiger partial charge in [0.25, 0.3) is 5.91 Å². The number of carbonyl (C=O) groups is 1. The Bertz CT molecular complexity index is 414. The second-order valence-corrected chi connectivity index (χ2v) is 5.75. The molecule has 1 aromatic carbocycles. The molecule has 0 spiro atoms. The molecule has 1 saturated heterocycles. The first-order valence-electron chi connectivity index (χ1n) is 5.86. The van der Waals surface area contributed by atoms with Gasteiger partial charge in [0.1, 0.15) is 5.75 Å². The number of thioether (sulfide) groups is 1. The minimum Gasteiger partial charge on any atom is -0.508 e. The zero-order valence-corrected chi connectivity index (χ0v) is 10.7. The molecule has 92 valence electrons. The molecule has 2 N–H and O–H groups in total. The summed E-state index contributed by atoms with van der Waals surface area (Å²) in [6, 6.07) is 4.93. The number of rotatable bonds is 3. The Morgan fingerprint density at radius 3 is 3.06 bits per heavy atom. The molecule has 1 aromatic rings. The molecule has 1 aliphatic heterocycles. The number of hydrogen-bond donors (Lipinski definition) is 2. The maximum atomic E-state index is 11.9. The van der Waals surface area contributed by atoms with E-state index >= 15 is 0 Å². The van der Waals surface area contributed by atoms with Gasteiger partial charge in [0.2, 0.25) is 0 Å². The highest BCUT2D eigenvalue weighted by Gasteiger charge is 2.16. The molecule has 0 bridgehead atoms. The van der Waals surface area contributed by atoms with Crippen LogP contribution in [0.15, 0.2) is 18.2 Å². The second kappa shape index (κ2) is 5.45. The maximum Gasteiger partial charge on any atom is 0.251 e. The smallest absolute Gasteiger partial charge is 0.251 e. The molecular weight excluding hydrogens is 234 g/mol. The van der Waals surface area contributed by atoms with Crippen molar-refractivity contribution in [2.75, 3.05) is 12.3 Å². The molecule has 1 atom stereocenters. The van der Waals surface area contributed by atoms with Gasteiger partial charge in [-0.25, -0.2) is 0 Å². The quantitative estimate of drug-likeness (QED) is 0.867. The van der Waals surface area contributed by atoms with E-state index in [2.05, 4.69) is 5.32 Å². The molecule has 0 aliphatic carbocycles. The normalized spacial score (nSPS) is 19.2. The fourth-order valence-electron chi connectivity index (χ4n) is 1.91. The van der Waals surface area contributed by atoms with E-state index in [4.69, 9.17) is 0 Å². The average molecular weight is 251 g/mol. The van der Waals surface area contributed by atoms with Crippen LogP contribution in [0.5, 0.6) is 5.75 Å². The van der Waals surface area contributed by atoms with E-state index < -0.39 is 0 Å². The topological polar surface area (TPSA) is 49.3 Å². The van der Waals surface area contributed by atoms with Crippen molar-refractivity contribution in [2.24, 2.45) is 0 Å². The van der Waals surface area contributed by atoms with E-state index in [9.17, 15) is 9.90 Å². The fourth-order valence-corrected chi connectivity index (χ4v) is 3.11. The number of benzene rings is 1. The molecule has 1 amide bonds. The third kappa shape index (κ3) is 3.16. The van der Waals surface area contributed by atoms with Gasteiger partial charge in [-0.3, -0.25) is 4.79 Å². The van der Waals surface area contributed by atoms with Crippen LogP contribution in [-0.2, 0) is 0 Å². The molecule has 1 heterocycles. The predicted octanol–water partition coefficient (Wildman–Crippen LogP) is 2.33. The molecule has 17 heavy (non-hydrogen) atoms. The summed E-state index contributed by atoms with van der Waals surface area (Å²) in [7, 11) is 0. The van der Waals surface area contributed by atoms with Crippen molar-refractivity contribution in [1.82, 2.24) is 5.32 Å². The summed E-state index contributed by atoms with van der Waals surface area (Å²) in [4.78, 5) is 11.9. The number of aromatic hydroxyl groups is 1. The molecule has 1 unspecified atom stereocenters. The monoisotopic (exact) mass is 251 g/mol. The van der Waals surface area contributed by atoms with Crippen molar-refractivity contribution in [3.8, 4) is 5.75 Å². The van der Waals surface area contributed by atoms with Crippen LogP contribution in [0.1, 0.15) is 28.8 Å². The van der Waals surface area contributed by atoms with E-state index in [0.717, 1.165) is 12.1 Å². The van der Waals surface area contributed by atoms with E-state index in [1.807, 2.05) is 11.8 Å². The summed E-state index contributed by atoms with van der Waals surface area (Å²) in [6.07, 6.45) is 2.45. The van der Waals surface area contributed by atoms with Gasteiger partial charge in [-0.2, -0.15) is 11.8 Å². The standard InChI is InChI=1S/C13H17NO2S/c1-9-7-10(4-5-12(9)15)13(16)14-8-11-3-2-6-17-11/h4-5,7,11,15H,2-3,6,8H2,1H3,(H,14,16). The van der Waals surface area contributed by atoms with Crippen LogP contribution in [0.25, 0.3) is 0 Å². The summed E-state index contributed by atoms with van der Waals surface area (Å²) >= 11 is 1.93. The van der Waals surface area contributed by atoms with Crippen LogP contribution < -0.4 is 5.32 Å². The average Bonchev–Trinajstić information content (AvgIpc) is 2.82. The minimum absolute atomic E-state index is 0.0550. The Kier molecular flexibility index (Phi) is 3.94. The van der Waals surface area contributed by atoms with Gasteiger partial charge in [-0.05, 0) is 49.3 Å². The highest BCUT2D eigenvalue weighted by Crippen LogP contribution is 2.25. The highest BCUT2D eigenvalue weighted by atomic mass is 32.2. The Hall–Kier alpha value is -1.16. The van der Waals surface area contributed by atoms with Crippen LogP contribution in [0.3, 0.4) is 0 Å². The first-order valence-corrected chi connectivity index (χ1v) is 6.91. The van der Waals surface area contributed by atoms with Crippen molar-refractivity contribution < 1.29 is 9.90 Å². The lowest BCUT2D eigenvalue weighted by molar-refractivity contribution is 0.0953. The third-order valence-corrected chi connectivity index (χ3v) is 4.37. The number of phenolic OH excluding ortho intramolecular Hbond substituents is 1. The number of aryl methyl sites for hydroxylation is 1. The summed E-state index contributed by atoms with van der Waals surface area (Å²) in [6.45, 7) is 2.53. The summed E-state index contributed by atoms with van der Waals surface area (Å²) in [5.74, 6) is 1.38. The van der Waals surface area contributed by atoms with Gasteiger partial charge < -0.3 is 10.4 Å². The lowest BCUT2D eigenvalue weighted by atomic mass is 10.1. The molecular formula is C13H17NO2S. The van der Waals surface area contributed by atoms with E-state index in [1.54, 1.807) is 25.1 Å². The molecule has 2 rings (SSSR count). The van der Waals surface area contributed by atoms with Crippen LogP contribution >= 0.6 is 11.8 Å². The molecule has 1 aliphatic rings. The van der Waals surface area contributed by atoms with Gasteiger partial charge in [-0.15, -0.1) is 0 Å². The first kappa shape index (κ1) is 12.3. The number of hydrogen-bond acceptors (Lipinski definition) is 3. The fraction of sp³-hybridized carbons (Fsp3) is 0.462. The Morgan fingerprint density at radius 2 is 2.41 bits per heavy atom. The van der Waals surface area contributed by atoms with Crippen LogP contribution in [-0.4, -0.2) is 28.6 Å². The van der Waals surface area contributed by atoms with Crippen molar-refractivity contribution >= 4 is 17.7 Å². The highest BCUT2D eigenvalue weighted by molar-refractivity contribution is 8.00. The number of carbonyl (C=O) groups excluding carboxylic acids is 1. The van der Waals surface area contributed by atoms with Gasteiger partial charge in [0.15, 0.2) is 0 Å². The molecule has 0 aromatic heterocycles. The van der Waals surface area contributed by atoms with Crippen molar-refractivity contribution in [2.45, 2.75) is 25.0 Å². The number of amides is 1. The van der Waals surface area contributed by atoms with Gasteiger partial charge >= 0.3 is 0 Å². The lowest BCUT2D eigenvalue weighted by Crippen LogP contribution is -2.29. The van der Waals surface area contributed by atoms with Crippen molar-refractivity contribution in [3.05, 3.63) is 29.3 Å². The van der Waals surface area contributed by atoms with Crippen LogP contribution in [0, 0.1) is 6.92 Å². The van der Waals surface area contributed by atoms with E-state index in [-0.39, 0.29) is 11.7 Å². The van der Waals surface area contributed by atoms with Crippen LogP contribution in [0.2, 0.25) is 0 Å². The minimum atomic E-state index is -0.0550. The Labute approximate surface area is 106 Å². The zero-order valence-electron chi connectivity index (χ0n) is 9.90. The predicted molar refractivity (Wildman–Crippen MR) is 70.7 cm³/mol. The first-order chi connectivity index (χ1) is 8.16. The molecule has 0 saturated carbocycles. The summed E-state index contributed by atoms with van der Waals surface area (Å²) < 4.78 is 0. The van der Waals surface area contributed by atoms with E-state index in [0.29, 0.717) is 10.8 Å². The van der Waals surface area contributed by atoms with E-state index in [1.165, 1.54) is 18.6 Å². The van der Waals surface area contributed by atoms with Gasteiger partial charge in [-0.1, -0.05) is 0 Å². The van der Waals surface area contributed by atoms with Gasteiger partial charge in [0.05, 0.1) is 0 Å². The molecule has 4 heteroatoms. The lowest BCUT2D eigenvalue weighted by Gasteiger charge is -2.10. The Morgan fingerprint density at radius 1 is 1.59 bits per heavy atom. The summed E-state index contributed by atoms with van der Waals surface area (Å²) in [5, 5.41) is 12.9. The molecule has 1 fully saturated rings. The van der Waals surface area contributed by atoms with Gasteiger partial charge in [0, 0.05) is 17.4 Å².